The number of nitrogens with one attached hydrogen (secondary N) is 1. The Hall–Kier alpha value is -8.54. The van der Waals surface area contributed by atoms with Gasteiger partial charge in [-0.05, 0) is 147 Å². The van der Waals surface area contributed by atoms with Crippen LogP contribution in [0.5, 0.6) is 0 Å². The number of nitrogens with zero attached hydrogens (tertiary/aromatic N) is 2. The maximum absolute atomic E-state index is 7.06. The first-order valence-corrected chi connectivity index (χ1v) is 26.1. The van der Waals surface area contributed by atoms with E-state index in [2.05, 4.69) is 269 Å². The predicted molar refractivity (Wildman–Crippen MR) is 314 cm³/mol. The molecule has 0 bridgehead atoms. The smallest absolute Gasteiger partial charge is 0.198 e. The monoisotopic (exact) mass is 952 g/mol. The molecular weight excluding hydrogens is 898 g/mol. The van der Waals surface area contributed by atoms with Gasteiger partial charge in [0.05, 0.1) is 5.52 Å². The average molecular weight is 953 g/mol. The quantitative estimate of drug-likeness (QED) is 0.154. The van der Waals surface area contributed by atoms with Crippen LogP contribution in [-0.4, -0.2) is 11.8 Å². The molecule has 0 saturated carbocycles. The summed E-state index contributed by atoms with van der Waals surface area (Å²) in [5, 5.41) is 10.2. The van der Waals surface area contributed by atoms with Gasteiger partial charge in [0.25, 0.3) is 0 Å². The van der Waals surface area contributed by atoms with Crippen LogP contribution >= 0.6 is 0 Å². The van der Waals surface area contributed by atoms with Crippen molar-refractivity contribution in [3.05, 3.63) is 229 Å². The number of para-hydroxylation sites is 2. The maximum Gasteiger partial charge on any atom is 0.198 e. The van der Waals surface area contributed by atoms with E-state index in [1.54, 1.807) is 0 Å². The molecule has 74 heavy (non-hydrogen) atoms. The fraction of sp³-hybridized carbons (Fsp3) is 0.130. The van der Waals surface area contributed by atoms with Gasteiger partial charge in [-0.3, -0.25) is 0 Å². The Balaban J connectivity index is 1.05. The molecule has 10 aromatic carbocycles. The van der Waals surface area contributed by atoms with E-state index in [0.29, 0.717) is 0 Å². The molecule has 355 valence electrons. The summed E-state index contributed by atoms with van der Waals surface area (Å²) in [6.07, 6.45) is 2.33. The van der Waals surface area contributed by atoms with E-state index in [0.717, 1.165) is 90.6 Å². The van der Waals surface area contributed by atoms with E-state index < -0.39 is 0 Å². The third kappa shape index (κ3) is 6.97. The van der Waals surface area contributed by atoms with E-state index in [4.69, 9.17) is 4.42 Å². The summed E-state index contributed by atoms with van der Waals surface area (Å²) in [6, 6.07) is 77.5. The van der Waals surface area contributed by atoms with Gasteiger partial charge in [0.1, 0.15) is 11.3 Å². The molecule has 14 rings (SSSR count). The highest BCUT2D eigenvalue weighted by atomic mass is 16.3. The van der Waals surface area contributed by atoms with Crippen LogP contribution in [0.25, 0.3) is 82.8 Å². The number of furan rings is 1. The van der Waals surface area contributed by atoms with Gasteiger partial charge in [0.2, 0.25) is 0 Å². The standard InChI is InChI=1S/C69H55BN3O/c1-43-38-53(52-40-50(72(48-25-14-8-15-26-48)49-27-16-9-17-28-49)32-34-58(52)71-47-31-33-55-56(39-47)69(4,5)37-36-68(55,2)3)65-66-62(43)64-51-29-19-18-20-44(51)30-35-59(64)73(66)60-41-54-61(42-57(60)70-65)74-67(46-23-12-7-13-24-46)63(54)45-21-10-6-11-22-45/h6-35,38-42,71H,36-37H2,1-5H3. The minimum atomic E-state index is 0.0660. The number of anilines is 5. The summed E-state index contributed by atoms with van der Waals surface area (Å²) in [4.78, 5) is 2.37. The van der Waals surface area contributed by atoms with E-state index in [9.17, 15) is 0 Å². The lowest BCUT2D eigenvalue weighted by molar-refractivity contribution is 0.332. The highest BCUT2D eigenvalue weighted by molar-refractivity contribution is 6.74. The summed E-state index contributed by atoms with van der Waals surface area (Å²) < 4.78 is 9.62. The van der Waals surface area contributed by atoms with E-state index in [-0.39, 0.29) is 10.8 Å². The average Bonchev–Trinajstić information content (AvgIpc) is 4.11. The van der Waals surface area contributed by atoms with Gasteiger partial charge in [0, 0.05) is 72.5 Å². The van der Waals surface area contributed by atoms with Gasteiger partial charge in [-0.25, -0.2) is 0 Å². The van der Waals surface area contributed by atoms with Crippen LogP contribution in [0.4, 0.5) is 28.4 Å². The Morgan fingerprint density at radius 3 is 1.91 bits per heavy atom. The van der Waals surface area contributed by atoms with Crippen LogP contribution in [0.15, 0.2) is 217 Å². The lowest BCUT2D eigenvalue weighted by atomic mass is 9.58. The van der Waals surface area contributed by atoms with Crippen molar-refractivity contribution in [2.45, 2.75) is 58.3 Å². The number of aryl methyl sites for hydroxylation is 1. The maximum atomic E-state index is 7.06. The highest BCUT2D eigenvalue weighted by Gasteiger charge is 2.37. The van der Waals surface area contributed by atoms with E-state index in [1.165, 1.54) is 61.2 Å². The number of hydrogen-bond donors (Lipinski definition) is 1. The molecule has 1 aliphatic heterocycles. The Morgan fingerprint density at radius 2 is 1.19 bits per heavy atom. The molecule has 0 atom stereocenters. The second-order valence-corrected chi connectivity index (χ2v) is 21.9. The van der Waals surface area contributed by atoms with Crippen molar-refractivity contribution in [2.24, 2.45) is 0 Å². The van der Waals surface area contributed by atoms with Crippen LogP contribution < -0.4 is 21.1 Å². The van der Waals surface area contributed by atoms with Gasteiger partial charge in [-0.1, -0.05) is 173 Å². The molecule has 2 aromatic heterocycles. The molecule has 0 amide bonds. The van der Waals surface area contributed by atoms with E-state index >= 15 is 0 Å². The SMILES string of the molecule is Cc1cc(-c2cc(N(c3ccccc3)c3ccccc3)ccc2Nc2ccc3c(c2)C(C)(C)CCC3(C)C)c2c3c1c1c4ccccc4ccc1n3-c1cc3c(-c4ccccc4)c(-c4ccccc4)oc3cc1[B]2. The minimum Gasteiger partial charge on any atom is -0.455 e. The molecule has 0 saturated heterocycles. The summed E-state index contributed by atoms with van der Waals surface area (Å²) in [5.74, 6) is 0.875. The first-order valence-electron chi connectivity index (χ1n) is 26.1. The largest absolute Gasteiger partial charge is 0.455 e. The Kier molecular flexibility index (Phi) is 10.0. The molecule has 2 aliphatic rings. The number of aromatic nitrogens is 1. The molecule has 12 aromatic rings. The first-order chi connectivity index (χ1) is 36.1. The third-order valence-corrected chi connectivity index (χ3v) is 16.3. The van der Waals surface area contributed by atoms with Crippen LogP contribution in [0.2, 0.25) is 0 Å². The number of hydrogen-bond acceptors (Lipinski definition) is 3. The second kappa shape index (κ2) is 16.8. The number of rotatable bonds is 8. The fourth-order valence-electron chi connectivity index (χ4n) is 12.5. The molecule has 0 spiro atoms. The highest BCUT2D eigenvalue weighted by Crippen LogP contribution is 2.49. The Morgan fingerprint density at radius 1 is 0.541 bits per heavy atom. The van der Waals surface area contributed by atoms with Crippen LogP contribution in [0.1, 0.15) is 57.2 Å². The van der Waals surface area contributed by atoms with Crippen LogP contribution in [-0.2, 0) is 10.8 Å². The molecule has 1 radical (unpaired) electrons. The zero-order chi connectivity index (χ0) is 49.9. The van der Waals surface area contributed by atoms with Crippen molar-refractivity contribution in [3.63, 3.8) is 0 Å². The molecule has 1 aliphatic carbocycles. The summed E-state index contributed by atoms with van der Waals surface area (Å²) >= 11 is 0. The molecular formula is C69H55BN3O. The number of benzene rings is 10. The molecule has 0 fully saturated rings. The third-order valence-electron chi connectivity index (χ3n) is 16.3. The molecule has 3 heterocycles. The molecule has 4 nitrogen and oxygen atoms in total. The van der Waals surface area contributed by atoms with Crippen molar-refractivity contribution in [1.29, 1.82) is 0 Å². The van der Waals surface area contributed by atoms with Gasteiger partial charge >= 0.3 is 0 Å². The molecule has 0 unspecified atom stereocenters. The topological polar surface area (TPSA) is 33.3 Å². The van der Waals surface area contributed by atoms with E-state index in [1.807, 2.05) is 0 Å². The van der Waals surface area contributed by atoms with Gasteiger partial charge in [-0.2, -0.15) is 0 Å². The molecule has 5 heteroatoms. The van der Waals surface area contributed by atoms with Crippen molar-refractivity contribution < 1.29 is 4.42 Å². The normalized spacial score (nSPS) is 14.2. The van der Waals surface area contributed by atoms with Crippen LogP contribution in [0.3, 0.4) is 0 Å². The predicted octanol–water partition coefficient (Wildman–Crippen LogP) is 17.5. The zero-order valence-corrected chi connectivity index (χ0v) is 42.5. The van der Waals surface area contributed by atoms with Crippen molar-refractivity contribution in [1.82, 2.24) is 4.57 Å². The lowest BCUT2D eigenvalue weighted by Crippen LogP contribution is -2.37. The minimum absolute atomic E-state index is 0.0660. The summed E-state index contributed by atoms with van der Waals surface area (Å²) in [7, 11) is 2.44. The fourth-order valence-corrected chi connectivity index (χ4v) is 12.5. The summed E-state index contributed by atoms with van der Waals surface area (Å²) in [5.41, 5.74) is 21.9. The van der Waals surface area contributed by atoms with Crippen molar-refractivity contribution >= 4 is 90.2 Å². The lowest BCUT2D eigenvalue weighted by Gasteiger charge is -2.42. The van der Waals surface area contributed by atoms with Gasteiger partial charge < -0.3 is 19.2 Å². The first kappa shape index (κ1) is 44.2. The molecule has 1 N–H and O–H groups in total. The van der Waals surface area contributed by atoms with Crippen LogP contribution in [0, 0.1) is 6.92 Å². The Labute approximate surface area is 433 Å². The van der Waals surface area contributed by atoms with Crippen molar-refractivity contribution in [2.75, 3.05) is 10.2 Å². The van der Waals surface area contributed by atoms with Gasteiger partial charge in [-0.15, -0.1) is 0 Å². The summed E-state index contributed by atoms with van der Waals surface area (Å²) in [6.45, 7) is 11.9. The Bertz CT molecular complexity index is 4150. The number of fused-ring (bicyclic) bond motifs is 9. The second-order valence-electron chi connectivity index (χ2n) is 21.9. The van der Waals surface area contributed by atoms with Crippen molar-refractivity contribution in [3.8, 4) is 39.3 Å². The van der Waals surface area contributed by atoms with Gasteiger partial charge in [0.15, 0.2) is 7.28 Å². The zero-order valence-electron chi connectivity index (χ0n) is 42.5.